The second-order valence-electron chi connectivity index (χ2n) is 5.13. The predicted octanol–water partition coefficient (Wildman–Crippen LogP) is 4.03. The Morgan fingerprint density at radius 2 is 2.08 bits per heavy atom. The van der Waals surface area contributed by atoms with Crippen LogP contribution in [0.3, 0.4) is 0 Å². The molecule has 25 heavy (non-hydrogen) atoms. The summed E-state index contributed by atoms with van der Waals surface area (Å²) in [6, 6.07) is 10.3. The topological polar surface area (TPSA) is 69.6 Å². The van der Waals surface area contributed by atoms with E-state index in [1.165, 1.54) is 17.8 Å². The third-order valence-corrected chi connectivity index (χ3v) is 5.36. The summed E-state index contributed by atoms with van der Waals surface area (Å²) in [7, 11) is 1.92. The van der Waals surface area contributed by atoms with E-state index in [9.17, 15) is 4.39 Å². The molecule has 0 N–H and O–H groups in total. The minimum atomic E-state index is -0.390. The Kier molecular flexibility index (Phi) is 4.33. The first-order valence-corrected chi connectivity index (χ1v) is 9.22. The molecule has 0 saturated heterocycles. The quantitative estimate of drug-likeness (QED) is 0.492. The molecular formula is C16H12FN5OS2. The summed E-state index contributed by atoms with van der Waals surface area (Å²) >= 11 is 3.06. The van der Waals surface area contributed by atoms with E-state index in [0.29, 0.717) is 17.1 Å². The van der Waals surface area contributed by atoms with Gasteiger partial charge in [0.05, 0.1) is 16.2 Å². The van der Waals surface area contributed by atoms with Gasteiger partial charge in [-0.1, -0.05) is 35.1 Å². The number of benzene rings is 1. The van der Waals surface area contributed by atoms with Crippen LogP contribution >= 0.6 is 23.1 Å². The molecule has 0 atom stereocenters. The van der Waals surface area contributed by atoms with Crippen molar-refractivity contribution in [2.75, 3.05) is 0 Å². The van der Waals surface area contributed by atoms with Crippen LogP contribution in [0.15, 0.2) is 51.5 Å². The third kappa shape index (κ3) is 3.20. The van der Waals surface area contributed by atoms with Crippen LogP contribution in [0.25, 0.3) is 22.2 Å². The first kappa shape index (κ1) is 16.0. The Hall–Kier alpha value is -2.52. The zero-order valence-electron chi connectivity index (χ0n) is 13.1. The molecule has 0 spiro atoms. The van der Waals surface area contributed by atoms with Crippen LogP contribution in [0.2, 0.25) is 0 Å². The lowest BCUT2D eigenvalue weighted by Crippen LogP contribution is -1.94. The predicted molar refractivity (Wildman–Crippen MR) is 93.6 cm³/mol. The second-order valence-corrected chi connectivity index (χ2v) is 7.02. The van der Waals surface area contributed by atoms with E-state index in [0.717, 1.165) is 15.9 Å². The summed E-state index contributed by atoms with van der Waals surface area (Å²) in [5.74, 6) is 1.53. The summed E-state index contributed by atoms with van der Waals surface area (Å²) in [6.07, 6.45) is 0. The van der Waals surface area contributed by atoms with E-state index in [-0.39, 0.29) is 11.7 Å². The fourth-order valence-corrected chi connectivity index (χ4v) is 3.74. The highest BCUT2D eigenvalue weighted by molar-refractivity contribution is 7.98. The lowest BCUT2D eigenvalue weighted by atomic mass is 10.2. The zero-order chi connectivity index (χ0) is 17.2. The van der Waals surface area contributed by atoms with Crippen molar-refractivity contribution in [2.24, 2.45) is 7.05 Å². The lowest BCUT2D eigenvalue weighted by Gasteiger charge is -2.00. The number of thioether (sulfide) groups is 1. The smallest absolute Gasteiger partial charge is 0.260 e. The van der Waals surface area contributed by atoms with Gasteiger partial charge in [-0.05, 0) is 23.6 Å². The SMILES string of the molecule is Cn1c(SCc2noc(-c3ccccc3F)n2)nnc1-c1cccs1. The number of nitrogens with zero attached hydrogens (tertiary/aromatic N) is 5. The average molecular weight is 373 g/mol. The van der Waals surface area contributed by atoms with Crippen LogP contribution in [0.1, 0.15) is 5.82 Å². The van der Waals surface area contributed by atoms with Crippen LogP contribution in [0, 0.1) is 5.82 Å². The van der Waals surface area contributed by atoms with E-state index in [1.807, 2.05) is 29.1 Å². The van der Waals surface area contributed by atoms with Crippen LogP contribution in [0.5, 0.6) is 0 Å². The largest absolute Gasteiger partial charge is 0.334 e. The molecule has 0 saturated carbocycles. The molecule has 3 aromatic heterocycles. The second kappa shape index (κ2) is 6.77. The van der Waals surface area contributed by atoms with Crippen molar-refractivity contribution in [3.05, 3.63) is 53.4 Å². The molecule has 0 radical (unpaired) electrons. The van der Waals surface area contributed by atoms with Crippen LogP contribution in [0.4, 0.5) is 4.39 Å². The van der Waals surface area contributed by atoms with Crippen molar-refractivity contribution in [2.45, 2.75) is 10.9 Å². The summed E-state index contributed by atoms with van der Waals surface area (Å²) in [6.45, 7) is 0. The van der Waals surface area contributed by atoms with Crippen LogP contribution in [-0.4, -0.2) is 24.9 Å². The Morgan fingerprint density at radius 1 is 1.20 bits per heavy atom. The molecule has 4 aromatic rings. The monoisotopic (exact) mass is 373 g/mol. The molecular weight excluding hydrogens is 361 g/mol. The van der Waals surface area contributed by atoms with Gasteiger partial charge in [0.15, 0.2) is 16.8 Å². The first-order chi connectivity index (χ1) is 12.2. The van der Waals surface area contributed by atoms with Gasteiger partial charge in [0, 0.05) is 7.05 Å². The maximum Gasteiger partial charge on any atom is 0.260 e. The van der Waals surface area contributed by atoms with Crippen molar-refractivity contribution in [3.8, 4) is 22.2 Å². The number of thiophene rings is 1. The summed E-state index contributed by atoms with van der Waals surface area (Å²) in [5.41, 5.74) is 0.296. The first-order valence-electron chi connectivity index (χ1n) is 7.36. The molecule has 0 aliphatic carbocycles. The maximum absolute atomic E-state index is 13.8. The number of aromatic nitrogens is 5. The number of halogens is 1. The Balaban J connectivity index is 1.49. The normalized spacial score (nSPS) is 11.1. The van der Waals surface area contributed by atoms with Gasteiger partial charge >= 0.3 is 0 Å². The fourth-order valence-electron chi connectivity index (χ4n) is 2.25. The Morgan fingerprint density at radius 3 is 2.88 bits per heavy atom. The molecule has 0 amide bonds. The minimum Gasteiger partial charge on any atom is -0.334 e. The van der Waals surface area contributed by atoms with Crippen molar-refractivity contribution in [1.82, 2.24) is 24.9 Å². The molecule has 6 nitrogen and oxygen atoms in total. The van der Waals surface area contributed by atoms with Crippen molar-refractivity contribution in [1.29, 1.82) is 0 Å². The maximum atomic E-state index is 13.8. The summed E-state index contributed by atoms with van der Waals surface area (Å²) < 4.78 is 20.9. The molecule has 0 aliphatic rings. The van der Waals surface area contributed by atoms with Gasteiger partial charge in [0.2, 0.25) is 0 Å². The molecule has 126 valence electrons. The highest BCUT2D eigenvalue weighted by Crippen LogP contribution is 2.28. The average Bonchev–Trinajstić information content (AvgIpc) is 3.34. The minimum absolute atomic E-state index is 0.172. The highest BCUT2D eigenvalue weighted by Gasteiger charge is 2.15. The molecule has 4 rings (SSSR count). The van der Waals surface area contributed by atoms with Gasteiger partial charge in [-0.3, -0.25) is 0 Å². The Bertz CT molecular complexity index is 996. The van der Waals surface area contributed by atoms with E-state index in [1.54, 1.807) is 29.5 Å². The van der Waals surface area contributed by atoms with Gasteiger partial charge in [0.25, 0.3) is 5.89 Å². The molecule has 0 aliphatic heterocycles. The molecule has 0 unspecified atom stereocenters. The zero-order valence-corrected chi connectivity index (χ0v) is 14.7. The van der Waals surface area contributed by atoms with Gasteiger partial charge in [-0.25, -0.2) is 4.39 Å². The van der Waals surface area contributed by atoms with Crippen LogP contribution < -0.4 is 0 Å². The number of hydrogen-bond acceptors (Lipinski definition) is 7. The summed E-state index contributed by atoms with van der Waals surface area (Å²) in [4.78, 5) is 5.31. The number of rotatable bonds is 5. The van der Waals surface area contributed by atoms with E-state index < -0.39 is 0 Å². The van der Waals surface area contributed by atoms with E-state index >= 15 is 0 Å². The number of hydrogen-bond donors (Lipinski definition) is 0. The van der Waals surface area contributed by atoms with Crippen LogP contribution in [-0.2, 0) is 12.8 Å². The van der Waals surface area contributed by atoms with E-state index in [2.05, 4.69) is 20.3 Å². The molecule has 0 fully saturated rings. The van der Waals surface area contributed by atoms with Gasteiger partial charge in [0.1, 0.15) is 5.82 Å². The summed E-state index contributed by atoms with van der Waals surface area (Å²) in [5, 5.41) is 15.1. The molecule has 0 bridgehead atoms. The van der Waals surface area contributed by atoms with Gasteiger partial charge < -0.3 is 9.09 Å². The molecule has 9 heteroatoms. The molecule has 3 heterocycles. The van der Waals surface area contributed by atoms with Crippen molar-refractivity contribution < 1.29 is 8.91 Å². The standard InChI is InChI=1S/C16H12FN5OS2/c1-22-14(12-7-4-8-24-12)19-20-16(22)25-9-13-18-15(23-21-13)10-5-2-3-6-11(10)17/h2-8H,9H2,1H3. The van der Waals surface area contributed by atoms with Crippen molar-refractivity contribution >= 4 is 23.1 Å². The highest BCUT2D eigenvalue weighted by atomic mass is 32.2. The third-order valence-electron chi connectivity index (χ3n) is 3.48. The van der Waals surface area contributed by atoms with Gasteiger partial charge in [-0.2, -0.15) is 4.98 Å². The van der Waals surface area contributed by atoms with Crippen molar-refractivity contribution in [3.63, 3.8) is 0 Å². The fraction of sp³-hybridized carbons (Fsp3) is 0.125. The molecule has 1 aromatic carbocycles. The Labute approximate surface area is 150 Å². The lowest BCUT2D eigenvalue weighted by molar-refractivity contribution is 0.422. The van der Waals surface area contributed by atoms with E-state index in [4.69, 9.17) is 4.52 Å². The van der Waals surface area contributed by atoms with Gasteiger partial charge in [-0.15, -0.1) is 21.5 Å².